The smallest absolute Gasteiger partial charge is 0.104 e. The van der Waals surface area contributed by atoms with Crippen molar-refractivity contribution in [2.24, 2.45) is 5.16 Å². The summed E-state index contributed by atoms with van der Waals surface area (Å²) in [7, 11) is 0. The van der Waals surface area contributed by atoms with E-state index >= 15 is 0 Å². The molecule has 0 saturated carbocycles. The lowest BCUT2D eigenvalue weighted by atomic mass is 10.2. The summed E-state index contributed by atoms with van der Waals surface area (Å²) < 4.78 is 1.34. The van der Waals surface area contributed by atoms with Crippen molar-refractivity contribution in [3.63, 3.8) is 0 Å². The highest BCUT2D eigenvalue weighted by Crippen LogP contribution is 2.41. The zero-order valence-corrected chi connectivity index (χ0v) is 8.30. The third kappa shape index (κ3) is 1.04. The molecule has 0 spiro atoms. The molecule has 1 aromatic rings. The fourth-order valence-electron chi connectivity index (χ4n) is 1.39. The van der Waals surface area contributed by atoms with Gasteiger partial charge in [-0.2, -0.15) is 0 Å². The Balaban J connectivity index is 2.64. The minimum Gasteiger partial charge on any atom is -0.411 e. The predicted molar refractivity (Wildman–Crippen MR) is 51.0 cm³/mol. The Hall–Kier alpha value is -0.250. The van der Waals surface area contributed by atoms with Gasteiger partial charge >= 0.3 is 0 Å². The van der Waals surface area contributed by atoms with Crippen LogP contribution in [-0.2, 0) is 6.42 Å². The maximum absolute atomic E-state index is 8.64. The maximum atomic E-state index is 8.64. The van der Waals surface area contributed by atoms with Crippen LogP contribution in [-0.4, -0.2) is 10.9 Å². The van der Waals surface area contributed by atoms with Crippen LogP contribution in [0.3, 0.4) is 0 Å². The topological polar surface area (TPSA) is 32.6 Å². The van der Waals surface area contributed by atoms with Crippen molar-refractivity contribution in [2.75, 3.05) is 0 Å². The van der Waals surface area contributed by atoms with Gasteiger partial charge in [-0.15, -0.1) is 11.3 Å². The molecule has 0 aromatic carbocycles. The van der Waals surface area contributed by atoms with E-state index in [0.29, 0.717) is 14.4 Å². The van der Waals surface area contributed by atoms with Gasteiger partial charge in [0.05, 0.1) is 10.0 Å². The average molecular weight is 222 g/mol. The second kappa shape index (κ2) is 2.91. The molecule has 0 fully saturated rings. The summed E-state index contributed by atoms with van der Waals surface area (Å²) in [4.78, 5) is 0. The minimum absolute atomic E-state index is 0.625. The Kier molecular flexibility index (Phi) is 2.02. The van der Waals surface area contributed by atoms with Crippen molar-refractivity contribution in [2.45, 2.75) is 12.8 Å². The molecule has 1 heterocycles. The summed E-state index contributed by atoms with van der Waals surface area (Å²) in [6.07, 6.45) is 1.56. The second-order valence-electron chi connectivity index (χ2n) is 2.55. The van der Waals surface area contributed by atoms with Crippen molar-refractivity contribution in [3.05, 3.63) is 19.8 Å². The van der Waals surface area contributed by atoms with Gasteiger partial charge in [0.15, 0.2) is 0 Å². The summed E-state index contributed by atoms with van der Waals surface area (Å²) >= 11 is 13.1. The first-order chi connectivity index (χ1) is 5.74. The Labute approximate surface area is 83.4 Å². The first-order valence-corrected chi connectivity index (χ1v) is 4.99. The van der Waals surface area contributed by atoms with Crippen molar-refractivity contribution >= 4 is 40.3 Å². The lowest BCUT2D eigenvalue weighted by Crippen LogP contribution is -1.92. The molecule has 2 rings (SSSR count). The normalized spacial score (nSPS) is 18.7. The van der Waals surface area contributed by atoms with Gasteiger partial charge in [0.25, 0.3) is 0 Å². The fraction of sp³-hybridized carbons (Fsp3) is 0.286. The van der Waals surface area contributed by atoms with E-state index in [0.717, 1.165) is 24.0 Å². The monoisotopic (exact) mass is 221 g/mol. The number of hydrogen-bond donors (Lipinski definition) is 1. The van der Waals surface area contributed by atoms with Crippen molar-refractivity contribution < 1.29 is 5.21 Å². The van der Waals surface area contributed by atoms with Gasteiger partial charge < -0.3 is 5.21 Å². The van der Waals surface area contributed by atoms with E-state index < -0.39 is 0 Å². The molecule has 0 aliphatic heterocycles. The molecule has 64 valence electrons. The quantitative estimate of drug-likeness (QED) is 0.530. The number of nitrogens with zero attached hydrogens (tertiary/aromatic N) is 1. The summed E-state index contributed by atoms with van der Waals surface area (Å²) in [5.41, 5.74) is 2.52. The lowest BCUT2D eigenvalue weighted by Gasteiger charge is -1.90. The highest BCUT2D eigenvalue weighted by atomic mass is 35.5. The molecule has 0 radical (unpaired) electrons. The first kappa shape index (κ1) is 8.35. The van der Waals surface area contributed by atoms with Gasteiger partial charge in [-0.1, -0.05) is 28.4 Å². The Morgan fingerprint density at radius 3 is 2.67 bits per heavy atom. The zero-order chi connectivity index (χ0) is 8.72. The van der Waals surface area contributed by atoms with Crippen LogP contribution in [0.1, 0.15) is 17.5 Å². The standard InChI is InChI=1S/C7H5Cl2NOS/c8-6-3-1-2-4(10-11)5(3)7(9)12-6/h11H,1-2H2. The summed E-state index contributed by atoms with van der Waals surface area (Å²) in [5, 5.41) is 11.8. The molecule has 0 amide bonds. The maximum Gasteiger partial charge on any atom is 0.104 e. The Morgan fingerprint density at radius 2 is 2.00 bits per heavy atom. The molecule has 12 heavy (non-hydrogen) atoms. The van der Waals surface area contributed by atoms with Crippen LogP contribution >= 0.6 is 34.5 Å². The van der Waals surface area contributed by atoms with E-state index in [-0.39, 0.29) is 0 Å². The SMILES string of the molecule is ON=C1CCc2c(Cl)sc(Cl)c21. The molecule has 0 unspecified atom stereocenters. The third-order valence-electron chi connectivity index (χ3n) is 1.94. The Bertz CT molecular complexity index is 359. The molecule has 0 bridgehead atoms. The van der Waals surface area contributed by atoms with E-state index in [2.05, 4.69) is 5.16 Å². The minimum atomic E-state index is 0.625. The molecule has 5 heteroatoms. The van der Waals surface area contributed by atoms with E-state index in [1.807, 2.05) is 0 Å². The molecule has 0 atom stereocenters. The van der Waals surface area contributed by atoms with Crippen molar-refractivity contribution in [1.29, 1.82) is 0 Å². The van der Waals surface area contributed by atoms with E-state index in [1.165, 1.54) is 11.3 Å². The summed E-state index contributed by atoms with van der Waals surface area (Å²) in [5.74, 6) is 0. The summed E-state index contributed by atoms with van der Waals surface area (Å²) in [6, 6.07) is 0. The molecule has 2 nitrogen and oxygen atoms in total. The molecular weight excluding hydrogens is 217 g/mol. The van der Waals surface area contributed by atoms with Gasteiger partial charge in [0, 0.05) is 5.56 Å². The van der Waals surface area contributed by atoms with Gasteiger partial charge in [-0.05, 0) is 18.4 Å². The number of halogens is 2. The number of hydrogen-bond acceptors (Lipinski definition) is 3. The van der Waals surface area contributed by atoms with Crippen LogP contribution in [0.15, 0.2) is 5.16 Å². The van der Waals surface area contributed by atoms with Crippen LogP contribution in [0.2, 0.25) is 8.67 Å². The van der Waals surface area contributed by atoms with E-state index in [4.69, 9.17) is 28.4 Å². The number of rotatable bonds is 0. The largest absolute Gasteiger partial charge is 0.411 e. The highest BCUT2D eigenvalue weighted by Gasteiger charge is 2.26. The second-order valence-corrected chi connectivity index (χ2v) is 4.77. The molecule has 0 saturated heterocycles. The molecule has 1 aromatic heterocycles. The average Bonchev–Trinajstić information content (AvgIpc) is 2.55. The predicted octanol–water partition coefficient (Wildman–Crippen LogP) is 3.18. The van der Waals surface area contributed by atoms with Crippen LogP contribution in [0.25, 0.3) is 0 Å². The van der Waals surface area contributed by atoms with Gasteiger partial charge in [0.2, 0.25) is 0 Å². The molecule has 1 aliphatic rings. The number of oxime groups is 1. The summed E-state index contributed by atoms with van der Waals surface area (Å²) in [6.45, 7) is 0. The highest BCUT2D eigenvalue weighted by molar-refractivity contribution is 7.20. The molecule has 1 N–H and O–H groups in total. The van der Waals surface area contributed by atoms with Crippen LogP contribution < -0.4 is 0 Å². The van der Waals surface area contributed by atoms with Gasteiger partial charge in [-0.3, -0.25) is 0 Å². The number of fused-ring (bicyclic) bond motifs is 1. The number of thiophene rings is 1. The fourth-order valence-corrected chi connectivity index (χ4v) is 3.21. The van der Waals surface area contributed by atoms with E-state index in [1.54, 1.807) is 0 Å². The Morgan fingerprint density at radius 1 is 1.25 bits per heavy atom. The van der Waals surface area contributed by atoms with Crippen LogP contribution in [0.4, 0.5) is 0 Å². The van der Waals surface area contributed by atoms with Crippen LogP contribution in [0.5, 0.6) is 0 Å². The first-order valence-electron chi connectivity index (χ1n) is 3.42. The molecule has 1 aliphatic carbocycles. The zero-order valence-electron chi connectivity index (χ0n) is 5.97. The third-order valence-corrected chi connectivity index (χ3v) is 3.62. The molecular formula is C7H5Cl2NOS. The van der Waals surface area contributed by atoms with Crippen molar-refractivity contribution in [3.8, 4) is 0 Å². The van der Waals surface area contributed by atoms with E-state index in [9.17, 15) is 0 Å². The lowest BCUT2D eigenvalue weighted by molar-refractivity contribution is 0.318. The van der Waals surface area contributed by atoms with Gasteiger partial charge in [0.1, 0.15) is 4.34 Å². The van der Waals surface area contributed by atoms with Gasteiger partial charge in [-0.25, -0.2) is 0 Å². The van der Waals surface area contributed by atoms with Crippen LogP contribution in [0, 0.1) is 0 Å². The van der Waals surface area contributed by atoms with Crippen molar-refractivity contribution in [1.82, 2.24) is 0 Å².